The van der Waals surface area contributed by atoms with Gasteiger partial charge in [0.2, 0.25) is 5.91 Å². The smallest absolute Gasteiger partial charge is 0.249 e. The summed E-state index contributed by atoms with van der Waals surface area (Å²) >= 11 is 0. The standard InChI is InChI=1S/C20H24N2O3/c1-25-13-19(24)22-17(11-21)20(18(22)12-23)16-9-7-15(8-10-16)14-5-3-2-4-6-14/h5,7-10,17-18,20,23H,2-4,6,12-13H2,1H3/t17-,18-,20+/m1/s1. The Morgan fingerprint density at radius 1 is 1.36 bits per heavy atom. The van der Waals surface area contributed by atoms with Crippen LogP contribution in [-0.4, -0.2) is 48.3 Å². The largest absolute Gasteiger partial charge is 0.394 e. The van der Waals surface area contributed by atoms with Crippen molar-refractivity contribution in [1.29, 1.82) is 5.26 Å². The lowest BCUT2D eigenvalue weighted by Gasteiger charge is -2.51. The molecule has 1 aliphatic carbocycles. The fourth-order valence-electron chi connectivity index (χ4n) is 3.97. The molecule has 3 atom stereocenters. The van der Waals surface area contributed by atoms with E-state index in [0.717, 1.165) is 18.4 Å². The number of rotatable bonds is 5. The summed E-state index contributed by atoms with van der Waals surface area (Å²) in [6.07, 6.45) is 7.05. The number of likely N-dealkylation sites (tertiary alicyclic amines) is 1. The fourth-order valence-corrected chi connectivity index (χ4v) is 3.97. The second-order valence-electron chi connectivity index (χ2n) is 6.68. The Hall–Kier alpha value is -2.16. The van der Waals surface area contributed by atoms with Crippen molar-refractivity contribution >= 4 is 11.5 Å². The van der Waals surface area contributed by atoms with Crippen molar-refractivity contribution in [2.45, 2.75) is 43.7 Å². The zero-order valence-corrected chi connectivity index (χ0v) is 14.5. The Bertz CT molecular complexity index is 690. The summed E-state index contributed by atoms with van der Waals surface area (Å²) in [7, 11) is 1.45. The fraction of sp³-hybridized carbons (Fsp3) is 0.500. The van der Waals surface area contributed by atoms with E-state index in [0.29, 0.717) is 0 Å². The monoisotopic (exact) mass is 340 g/mol. The molecule has 1 aromatic carbocycles. The van der Waals surface area contributed by atoms with E-state index in [1.54, 1.807) is 0 Å². The van der Waals surface area contributed by atoms with Gasteiger partial charge in [-0.3, -0.25) is 4.79 Å². The summed E-state index contributed by atoms with van der Waals surface area (Å²) in [6, 6.07) is 9.53. The van der Waals surface area contributed by atoms with Crippen LogP contribution in [0.25, 0.3) is 5.57 Å². The zero-order valence-electron chi connectivity index (χ0n) is 14.5. The van der Waals surface area contributed by atoms with Crippen molar-refractivity contribution in [2.75, 3.05) is 20.3 Å². The van der Waals surface area contributed by atoms with Gasteiger partial charge in [0.05, 0.1) is 18.7 Å². The van der Waals surface area contributed by atoms with E-state index in [1.165, 1.54) is 36.0 Å². The summed E-state index contributed by atoms with van der Waals surface area (Å²) in [4.78, 5) is 13.6. The van der Waals surface area contributed by atoms with Gasteiger partial charge in [-0.1, -0.05) is 30.3 Å². The van der Waals surface area contributed by atoms with Crippen LogP contribution in [0.1, 0.15) is 42.7 Å². The van der Waals surface area contributed by atoms with Gasteiger partial charge < -0.3 is 14.7 Å². The maximum absolute atomic E-state index is 12.1. The van der Waals surface area contributed by atoms with Gasteiger partial charge in [-0.25, -0.2) is 0 Å². The highest BCUT2D eigenvalue weighted by Gasteiger charge is 2.51. The van der Waals surface area contributed by atoms with Crippen LogP contribution in [0, 0.1) is 11.3 Å². The van der Waals surface area contributed by atoms with Crippen LogP contribution in [0.15, 0.2) is 30.3 Å². The highest BCUT2D eigenvalue weighted by molar-refractivity contribution is 5.80. The van der Waals surface area contributed by atoms with Gasteiger partial charge in [0.15, 0.2) is 0 Å². The SMILES string of the molecule is COCC(=O)N1[C@H](C#N)[C@H](c2ccc(C3=CCCCC3)cc2)[C@H]1CO. The first-order chi connectivity index (χ1) is 12.2. The topological polar surface area (TPSA) is 73.6 Å². The Morgan fingerprint density at radius 3 is 2.68 bits per heavy atom. The Morgan fingerprint density at radius 2 is 2.12 bits per heavy atom. The quantitative estimate of drug-likeness (QED) is 0.894. The number of nitrogens with zero attached hydrogens (tertiary/aromatic N) is 2. The number of hydrogen-bond acceptors (Lipinski definition) is 4. The average Bonchev–Trinajstić information content (AvgIpc) is 2.63. The van der Waals surface area contributed by atoms with E-state index in [-0.39, 0.29) is 31.1 Å². The molecule has 1 N–H and O–H groups in total. The van der Waals surface area contributed by atoms with Crippen molar-refractivity contribution in [3.05, 3.63) is 41.5 Å². The lowest BCUT2D eigenvalue weighted by molar-refractivity contribution is -0.150. The number of nitriles is 1. The minimum atomic E-state index is -0.556. The molecular weight excluding hydrogens is 316 g/mol. The number of benzene rings is 1. The predicted octanol–water partition coefficient (Wildman–Crippen LogP) is 2.47. The Labute approximate surface area is 148 Å². The van der Waals surface area contributed by atoms with E-state index in [2.05, 4.69) is 24.3 Å². The molecule has 0 radical (unpaired) electrons. The molecule has 3 rings (SSSR count). The highest BCUT2D eigenvalue weighted by atomic mass is 16.5. The molecule has 25 heavy (non-hydrogen) atoms. The molecule has 0 spiro atoms. The number of carbonyl (C=O) groups excluding carboxylic acids is 1. The Kier molecular flexibility index (Phi) is 5.52. The third kappa shape index (κ3) is 3.33. The van der Waals surface area contributed by atoms with Gasteiger partial charge in [0, 0.05) is 13.0 Å². The number of methoxy groups -OCH3 is 1. The van der Waals surface area contributed by atoms with Crippen LogP contribution < -0.4 is 0 Å². The van der Waals surface area contributed by atoms with Gasteiger partial charge in [0.25, 0.3) is 0 Å². The summed E-state index contributed by atoms with van der Waals surface area (Å²) in [5.41, 5.74) is 3.61. The molecule has 132 valence electrons. The maximum atomic E-state index is 12.1. The molecule has 1 aliphatic heterocycles. The number of aliphatic hydroxyl groups excluding tert-OH is 1. The van der Waals surface area contributed by atoms with Crippen molar-refractivity contribution < 1.29 is 14.6 Å². The number of aliphatic hydroxyl groups is 1. The summed E-state index contributed by atoms with van der Waals surface area (Å²) in [5, 5.41) is 19.2. The van der Waals surface area contributed by atoms with Gasteiger partial charge in [-0.2, -0.15) is 5.26 Å². The number of carbonyl (C=O) groups is 1. The van der Waals surface area contributed by atoms with Crippen molar-refractivity contribution in [1.82, 2.24) is 4.90 Å². The second kappa shape index (κ2) is 7.81. The minimum absolute atomic E-state index is 0.0749. The van der Waals surface area contributed by atoms with Gasteiger partial charge in [0.1, 0.15) is 12.6 Å². The Balaban J connectivity index is 1.79. The molecule has 0 bridgehead atoms. The maximum Gasteiger partial charge on any atom is 0.249 e. The first-order valence-electron chi connectivity index (χ1n) is 8.81. The van der Waals surface area contributed by atoms with Crippen LogP contribution >= 0.6 is 0 Å². The summed E-state index contributed by atoms with van der Waals surface area (Å²) in [5.74, 6) is -0.418. The molecule has 1 fully saturated rings. The van der Waals surface area contributed by atoms with Gasteiger partial charge in [-0.15, -0.1) is 0 Å². The van der Waals surface area contributed by atoms with Crippen molar-refractivity contribution in [2.24, 2.45) is 0 Å². The van der Waals surface area contributed by atoms with Crippen molar-refractivity contribution in [3.63, 3.8) is 0 Å². The normalized spacial score (nSPS) is 25.7. The molecular formula is C20H24N2O3. The zero-order chi connectivity index (χ0) is 17.8. The third-order valence-electron chi connectivity index (χ3n) is 5.24. The van der Waals surface area contributed by atoms with E-state index < -0.39 is 6.04 Å². The van der Waals surface area contributed by atoms with Crippen LogP contribution in [0.5, 0.6) is 0 Å². The van der Waals surface area contributed by atoms with Crippen LogP contribution in [-0.2, 0) is 9.53 Å². The molecule has 2 aliphatic rings. The summed E-state index contributed by atoms with van der Waals surface area (Å²) in [6.45, 7) is -0.236. The number of hydrogen-bond donors (Lipinski definition) is 1. The van der Waals surface area contributed by atoms with E-state index in [4.69, 9.17) is 4.74 Å². The lowest BCUT2D eigenvalue weighted by Crippen LogP contribution is -2.65. The van der Waals surface area contributed by atoms with Gasteiger partial charge in [-0.05, 0) is 42.4 Å². The first-order valence-corrected chi connectivity index (χ1v) is 8.81. The number of allylic oxidation sites excluding steroid dienone is 2. The van der Waals surface area contributed by atoms with E-state index >= 15 is 0 Å². The first kappa shape index (κ1) is 17.7. The molecule has 0 saturated carbocycles. The minimum Gasteiger partial charge on any atom is -0.394 e. The average molecular weight is 340 g/mol. The molecule has 1 amide bonds. The van der Waals surface area contributed by atoms with Crippen LogP contribution in [0.4, 0.5) is 0 Å². The third-order valence-corrected chi connectivity index (χ3v) is 5.24. The molecule has 5 nitrogen and oxygen atoms in total. The van der Waals surface area contributed by atoms with E-state index in [1.807, 2.05) is 12.1 Å². The molecule has 0 aromatic heterocycles. The molecule has 1 saturated heterocycles. The molecule has 5 heteroatoms. The molecule has 1 heterocycles. The van der Waals surface area contributed by atoms with Crippen LogP contribution in [0.2, 0.25) is 0 Å². The predicted molar refractivity (Wildman–Crippen MR) is 94.6 cm³/mol. The van der Waals surface area contributed by atoms with Crippen molar-refractivity contribution in [3.8, 4) is 6.07 Å². The second-order valence-corrected chi connectivity index (χ2v) is 6.68. The number of ether oxygens (including phenoxy) is 1. The highest BCUT2D eigenvalue weighted by Crippen LogP contribution is 2.41. The van der Waals surface area contributed by atoms with Gasteiger partial charge >= 0.3 is 0 Å². The summed E-state index contributed by atoms with van der Waals surface area (Å²) < 4.78 is 4.88. The molecule has 1 aromatic rings. The molecule has 0 unspecified atom stereocenters. The lowest BCUT2D eigenvalue weighted by atomic mass is 9.75. The van der Waals surface area contributed by atoms with Crippen LogP contribution in [0.3, 0.4) is 0 Å². The number of amides is 1. The van der Waals surface area contributed by atoms with E-state index in [9.17, 15) is 15.2 Å².